The molecule has 33 heavy (non-hydrogen) atoms. The van der Waals surface area contributed by atoms with E-state index in [0.717, 1.165) is 41.3 Å². The number of amidine groups is 1. The molecule has 2 aromatic rings. The predicted octanol–water partition coefficient (Wildman–Crippen LogP) is 2.18. The summed E-state index contributed by atoms with van der Waals surface area (Å²) in [6.07, 6.45) is 1.00. The molecule has 4 rings (SSSR count). The Morgan fingerprint density at radius 3 is 2.79 bits per heavy atom. The van der Waals surface area contributed by atoms with Crippen LogP contribution in [0.25, 0.3) is 11.4 Å². The van der Waals surface area contributed by atoms with Crippen LogP contribution in [0.3, 0.4) is 0 Å². The standard InChI is InChI=1S/C23H30N8O2/c1-3-26-23(32)28-16-6-4-15(5-7-16)21-29-20-17(8-9-27-18(20)12-19(24)25)22(30-21)31-10-11-33-13-14(31)2/h4-7,14H,3,8-13H2,1-2H3,(H3,24,25)(H2,26,28,32). The average molecular weight is 451 g/mol. The van der Waals surface area contributed by atoms with E-state index in [1.807, 2.05) is 31.2 Å². The van der Waals surface area contributed by atoms with Gasteiger partial charge in [0.25, 0.3) is 0 Å². The molecule has 0 saturated carbocycles. The normalized spacial score (nSPS) is 17.7. The first-order valence-corrected chi connectivity index (χ1v) is 11.2. The second-order valence-electron chi connectivity index (χ2n) is 8.16. The van der Waals surface area contributed by atoms with Crippen molar-refractivity contribution < 1.29 is 9.53 Å². The number of anilines is 2. The fraction of sp³-hybridized carbons (Fsp3) is 0.435. The molecular formula is C23H30N8O2. The van der Waals surface area contributed by atoms with Gasteiger partial charge in [-0.2, -0.15) is 0 Å². The van der Waals surface area contributed by atoms with Crippen molar-refractivity contribution in [2.45, 2.75) is 32.7 Å². The van der Waals surface area contributed by atoms with Gasteiger partial charge in [-0.1, -0.05) is 0 Å². The van der Waals surface area contributed by atoms with Gasteiger partial charge in [-0.15, -0.1) is 0 Å². The largest absolute Gasteiger partial charge is 0.387 e. The predicted molar refractivity (Wildman–Crippen MR) is 129 cm³/mol. The van der Waals surface area contributed by atoms with E-state index in [-0.39, 0.29) is 24.3 Å². The molecule has 1 aromatic heterocycles. The van der Waals surface area contributed by atoms with Crippen LogP contribution in [0.4, 0.5) is 16.3 Å². The Hall–Kier alpha value is -3.53. The molecule has 10 nitrogen and oxygen atoms in total. The number of hydrogen-bond donors (Lipinski definition) is 4. The van der Waals surface area contributed by atoms with Crippen LogP contribution < -0.4 is 21.3 Å². The van der Waals surface area contributed by atoms with Gasteiger partial charge in [0.2, 0.25) is 0 Å². The lowest BCUT2D eigenvalue weighted by molar-refractivity contribution is 0.0984. The SMILES string of the molecule is CCNC(=O)Nc1ccc(-c2nc3c(c(N4CCOCC4C)n2)CCN=C3CC(=N)N)cc1. The second-order valence-corrected chi connectivity index (χ2v) is 8.16. The van der Waals surface area contributed by atoms with Gasteiger partial charge in [-0.3, -0.25) is 10.4 Å². The van der Waals surface area contributed by atoms with Gasteiger partial charge in [0.05, 0.1) is 36.5 Å². The van der Waals surface area contributed by atoms with Crippen LogP contribution in [0.5, 0.6) is 0 Å². The number of aromatic nitrogens is 2. The summed E-state index contributed by atoms with van der Waals surface area (Å²) < 4.78 is 5.64. The van der Waals surface area contributed by atoms with Gasteiger partial charge in [0.1, 0.15) is 5.82 Å². The highest BCUT2D eigenvalue weighted by Gasteiger charge is 2.29. The first-order valence-electron chi connectivity index (χ1n) is 11.2. The number of nitrogens with two attached hydrogens (primary N) is 1. The van der Waals surface area contributed by atoms with E-state index in [2.05, 4.69) is 27.4 Å². The molecule has 1 aromatic carbocycles. The highest BCUT2D eigenvalue weighted by molar-refractivity contribution is 6.11. The summed E-state index contributed by atoms with van der Waals surface area (Å²) in [5.74, 6) is 1.53. The smallest absolute Gasteiger partial charge is 0.319 e. The van der Waals surface area contributed by atoms with E-state index >= 15 is 0 Å². The number of benzene rings is 1. The summed E-state index contributed by atoms with van der Waals surface area (Å²) in [4.78, 5) is 28.5. The highest BCUT2D eigenvalue weighted by Crippen LogP contribution is 2.31. The Morgan fingerprint density at radius 1 is 1.30 bits per heavy atom. The van der Waals surface area contributed by atoms with Gasteiger partial charge >= 0.3 is 6.03 Å². The molecule has 1 fully saturated rings. The number of aliphatic imine (C=N–C) groups is 1. The molecule has 0 radical (unpaired) electrons. The summed E-state index contributed by atoms with van der Waals surface area (Å²) in [6.45, 7) is 7.22. The van der Waals surface area contributed by atoms with E-state index < -0.39 is 0 Å². The summed E-state index contributed by atoms with van der Waals surface area (Å²) in [5.41, 5.74) is 9.75. The summed E-state index contributed by atoms with van der Waals surface area (Å²) >= 11 is 0. The minimum atomic E-state index is -0.246. The first kappa shape index (κ1) is 22.7. The quantitative estimate of drug-likeness (QED) is 0.393. The molecule has 0 spiro atoms. The summed E-state index contributed by atoms with van der Waals surface area (Å²) in [7, 11) is 0. The van der Waals surface area contributed by atoms with Crippen LogP contribution in [0.2, 0.25) is 0 Å². The number of fused-ring (bicyclic) bond motifs is 1. The first-order chi connectivity index (χ1) is 16.0. The van der Waals surface area contributed by atoms with E-state index in [1.54, 1.807) is 0 Å². The third-order valence-electron chi connectivity index (χ3n) is 5.66. The molecule has 5 N–H and O–H groups in total. The number of morpholine rings is 1. The number of carbonyl (C=O) groups is 1. The van der Waals surface area contributed by atoms with Crippen LogP contribution >= 0.6 is 0 Å². The fourth-order valence-electron chi connectivity index (χ4n) is 4.09. The monoisotopic (exact) mass is 450 g/mol. The van der Waals surface area contributed by atoms with Gasteiger partial charge in [-0.05, 0) is 44.5 Å². The van der Waals surface area contributed by atoms with Crippen molar-refractivity contribution in [3.05, 3.63) is 35.5 Å². The maximum absolute atomic E-state index is 11.8. The molecule has 0 aliphatic carbocycles. The Balaban J connectivity index is 1.74. The molecule has 3 heterocycles. The molecule has 2 aliphatic heterocycles. The lowest BCUT2D eigenvalue weighted by Gasteiger charge is -2.36. The van der Waals surface area contributed by atoms with Gasteiger partial charge in [-0.25, -0.2) is 14.8 Å². The van der Waals surface area contributed by atoms with Crippen LogP contribution in [-0.2, 0) is 11.2 Å². The second kappa shape index (κ2) is 9.95. The number of hydrogen-bond acceptors (Lipinski definition) is 7. The number of amides is 2. The van der Waals surface area contributed by atoms with Crippen molar-refractivity contribution in [3.8, 4) is 11.4 Å². The third kappa shape index (κ3) is 5.11. The van der Waals surface area contributed by atoms with Crippen LogP contribution in [-0.4, -0.2) is 66.4 Å². The number of rotatable bonds is 6. The minimum absolute atomic E-state index is 0.0591. The Labute approximate surface area is 193 Å². The minimum Gasteiger partial charge on any atom is -0.387 e. The van der Waals surface area contributed by atoms with E-state index in [1.165, 1.54) is 0 Å². The van der Waals surface area contributed by atoms with E-state index in [4.69, 9.17) is 25.8 Å². The Morgan fingerprint density at radius 2 is 2.09 bits per heavy atom. The van der Waals surface area contributed by atoms with Crippen molar-refractivity contribution in [1.29, 1.82) is 5.41 Å². The molecule has 0 bridgehead atoms. The van der Waals surface area contributed by atoms with Crippen LogP contribution in [0.1, 0.15) is 31.5 Å². The van der Waals surface area contributed by atoms with Crippen molar-refractivity contribution in [1.82, 2.24) is 15.3 Å². The fourth-order valence-corrected chi connectivity index (χ4v) is 4.09. The number of nitrogens with one attached hydrogen (secondary N) is 3. The van der Waals surface area contributed by atoms with Crippen molar-refractivity contribution in [2.24, 2.45) is 10.7 Å². The molecule has 1 atom stereocenters. The van der Waals surface area contributed by atoms with E-state index in [9.17, 15) is 4.79 Å². The lowest BCUT2D eigenvalue weighted by Crippen LogP contribution is -2.45. The molecule has 174 valence electrons. The van der Waals surface area contributed by atoms with Gasteiger partial charge in [0, 0.05) is 42.9 Å². The topological polar surface area (TPSA) is 142 Å². The van der Waals surface area contributed by atoms with E-state index in [0.29, 0.717) is 37.8 Å². The summed E-state index contributed by atoms with van der Waals surface area (Å²) in [6, 6.07) is 7.37. The number of urea groups is 1. The molecule has 1 unspecified atom stereocenters. The number of ether oxygens (including phenoxy) is 1. The van der Waals surface area contributed by atoms with Crippen LogP contribution in [0, 0.1) is 5.41 Å². The van der Waals surface area contributed by atoms with Crippen LogP contribution in [0.15, 0.2) is 29.3 Å². The highest BCUT2D eigenvalue weighted by atomic mass is 16.5. The molecular weight excluding hydrogens is 420 g/mol. The molecule has 2 amide bonds. The zero-order valence-electron chi connectivity index (χ0n) is 19.0. The Bertz CT molecular complexity index is 1070. The Kier molecular flexibility index (Phi) is 6.83. The number of carbonyl (C=O) groups excluding carboxylic acids is 1. The molecule has 2 aliphatic rings. The third-order valence-corrected chi connectivity index (χ3v) is 5.66. The van der Waals surface area contributed by atoms with Gasteiger partial charge in [0.15, 0.2) is 5.82 Å². The summed E-state index contributed by atoms with van der Waals surface area (Å²) in [5, 5.41) is 13.3. The van der Waals surface area contributed by atoms with Gasteiger partial charge < -0.3 is 26.0 Å². The number of nitrogens with zero attached hydrogens (tertiary/aromatic N) is 4. The molecule has 1 saturated heterocycles. The maximum atomic E-state index is 11.8. The van der Waals surface area contributed by atoms with Crippen molar-refractivity contribution in [2.75, 3.05) is 43.1 Å². The van der Waals surface area contributed by atoms with Crippen molar-refractivity contribution in [3.63, 3.8) is 0 Å². The average Bonchev–Trinajstić information content (AvgIpc) is 2.79. The lowest BCUT2D eigenvalue weighted by atomic mass is 9.99. The maximum Gasteiger partial charge on any atom is 0.319 e. The van der Waals surface area contributed by atoms with Crippen molar-refractivity contribution >= 4 is 29.1 Å². The molecule has 10 heteroatoms. The zero-order chi connectivity index (χ0) is 23.4. The zero-order valence-corrected chi connectivity index (χ0v) is 19.0.